The quantitative estimate of drug-likeness (QED) is 0.375. The van der Waals surface area contributed by atoms with E-state index < -0.39 is 54.0 Å². The van der Waals surface area contributed by atoms with E-state index in [2.05, 4.69) is 4.90 Å². The SMILES string of the molecule is COc1ccc2c3c1O[C@H]1C(OC(=O)[C@@H](O)CC(=O)O)=CC[C@@]4(O)[C@@H](C2)N(C)CC[C@]314.O=CC(F)(F)F. The number of carbonyl (C=O) groups excluding carboxylic acids is 2. The summed E-state index contributed by atoms with van der Waals surface area (Å²) >= 11 is 0. The Bertz CT molecular complexity index is 1150. The van der Waals surface area contributed by atoms with Gasteiger partial charge in [-0.15, -0.1) is 0 Å². The number of esters is 1. The lowest BCUT2D eigenvalue weighted by atomic mass is 9.50. The monoisotopic (exact) mass is 529 g/mol. The summed E-state index contributed by atoms with van der Waals surface area (Å²) in [4.78, 5) is 34.1. The molecular weight excluding hydrogens is 503 g/mol. The van der Waals surface area contributed by atoms with Crippen molar-refractivity contribution in [3.05, 3.63) is 35.1 Å². The number of carboxylic acids is 1. The highest BCUT2D eigenvalue weighted by Gasteiger charge is 2.72. The average molecular weight is 529 g/mol. The Morgan fingerprint density at radius 1 is 1.35 bits per heavy atom. The molecule has 1 aromatic rings. The number of benzene rings is 1. The fourth-order valence-electron chi connectivity index (χ4n) is 6.02. The first kappa shape index (κ1) is 26.9. The highest BCUT2D eigenvalue weighted by atomic mass is 19.4. The number of likely N-dealkylation sites (N-methyl/N-ethyl adjacent to an activating group) is 1. The minimum absolute atomic E-state index is 0.134. The zero-order valence-corrected chi connectivity index (χ0v) is 19.9. The third-order valence-corrected chi connectivity index (χ3v) is 7.55. The maximum Gasteiger partial charge on any atom is 0.446 e. The molecule has 0 aromatic heterocycles. The molecule has 202 valence electrons. The normalized spacial score (nSPS) is 30.0. The van der Waals surface area contributed by atoms with Gasteiger partial charge in [0.05, 0.1) is 24.5 Å². The van der Waals surface area contributed by atoms with E-state index >= 15 is 0 Å². The number of carbonyl (C=O) groups is 3. The molecule has 0 radical (unpaired) electrons. The molecule has 5 atom stereocenters. The number of aldehydes is 1. The third-order valence-electron chi connectivity index (χ3n) is 7.55. The van der Waals surface area contributed by atoms with Crippen molar-refractivity contribution < 1.29 is 57.1 Å². The number of aliphatic carboxylic acids is 1. The second kappa shape index (κ2) is 9.30. The maximum atomic E-state index is 12.4. The molecule has 4 aliphatic rings. The maximum absolute atomic E-state index is 12.4. The minimum Gasteiger partial charge on any atom is -0.493 e. The first-order chi connectivity index (χ1) is 17.3. The fraction of sp³-hybridized carbons (Fsp3) is 0.542. The molecule has 13 heteroatoms. The van der Waals surface area contributed by atoms with Gasteiger partial charge in [-0.2, -0.15) is 13.2 Å². The Morgan fingerprint density at radius 2 is 2.03 bits per heavy atom. The number of methoxy groups -OCH3 is 1. The largest absolute Gasteiger partial charge is 0.493 e. The van der Waals surface area contributed by atoms with E-state index in [1.807, 2.05) is 19.2 Å². The second-order valence-electron chi connectivity index (χ2n) is 9.48. The predicted octanol–water partition coefficient (Wildman–Crippen LogP) is 1.10. The van der Waals surface area contributed by atoms with Crippen molar-refractivity contribution in [2.24, 2.45) is 0 Å². The molecule has 1 fully saturated rings. The van der Waals surface area contributed by atoms with E-state index in [4.69, 9.17) is 24.1 Å². The summed E-state index contributed by atoms with van der Waals surface area (Å²) in [7, 11) is 3.55. The van der Waals surface area contributed by atoms with Gasteiger partial charge in [-0.05, 0) is 44.1 Å². The van der Waals surface area contributed by atoms with Crippen LogP contribution in [0, 0.1) is 0 Å². The van der Waals surface area contributed by atoms with Gasteiger partial charge in [0.2, 0.25) is 6.29 Å². The smallest absolute Gasteiger partial charge is 0.446 e. The second-order valence-corrected chi connectivity index (χ2v) is 9.48. The van der Waals surface area contributed by atoms with Crippen LogP contribution in [-0.4, -0.2) is 89.2 Å². The van der Waals surface area contributed by atoms with Gasteiger partial charge >= 0.3 is 18.1 Å². The van der Waals surface area contributed by atoms with E-state index in [-0.39, 0.29) is 18.2 Å². The summed E-state index contributed by atoms with van der Waals surface area (Å²) in [6.07, 6.45) is -5.90. The van der Waals surface area contributed by atoms with Crippen molar-refractivity contribution in [3.8, 4) is 11.5 Å². The number of aliphatic hydroxyl groups is 2. The number of carboxylic acid groups (broad SMARTS) is 1. The standard InChI is InChI=1S/C22H25NO8.C2HF3O/c1-23-8-7-21-17-11-3-4-13(29-2)18(17)31-19(21)14(5-6-22(21,28)15(23)9-11)30-20(27)12(24)10-16(25)26;3-2(4,5)1-6/h3-5,12,15,19,24,28H,6-10H2,1-2H3,(H,25,26);1H/t12-,15+,19-,21-,22+;/m0./s1. The van der Waals surface area contributed by atoms with Crippen LogP contribution in [0.4, 0.5) is 13.2 Å². The Labute approximate surface area is 209 Å². The molecule has 0 amide bonds. The molecule has 2 aliphatic carbocycles. The summed E-state index contributed by atoms with van der Waals surface area (Å²) in [5, 5.41) is 30.8. The Balaban J connectivity index is 0.000000480. The van der Waals surface area contributed by atoms with Gasteiger partial charge in [0.15, 0.2) is 23.7 Å². The molecule has 2 bridgehead atoms. The van der Waals surface area contributed by atoms with Crippen LogP contribution >= 0.6 is 0 Å². The number of ether oxygens (including phenoxy) is 3. The van der Waals surface area contributed by atoms with Gasteiger partial charge < -0.3 is 34.4 Å². The highest BCUT2D eigenvalue weighted by Crippen LogP contribution is 2.65. The van der Waals surface area contributed by atoms with Crippen LogP contribution in [0.1, 0.15) is 30.4 Å². The number of alkyl halides is 3. The predicted molar refractivity (Wildman–Crippen MR) is 118 cm³/mol. The lowest BCUT2D eigenvalue weighted by Crippen LogP contribution is -2.74. The van der Waals surface area contributed by atoms with Crippen molar-refractivity contribution >= 4 is 18.2 Å². The van der Waals surface area contributed by atoms with E-state index in [0.29, 0.717) is 24.3 Å². The van der Waals surface area contributed by atoms with Crippen molar-refractivity contribution in [2.45, 2.75) is 61.1 Å². The number of hydrogen-bond donors (Lipinski definition) is 3. The molecule has 5 rings (SSSR count). The Morgan fingerprint density at radius 3 is 2.62 bits per heavy atom. The number of piperidine rings is 1. The molecule has 1 saturated heterocycles. The summed E-state index contributed by atoms with van der Waals surface area (Å²) in [5.41, 5.74) is 0.00341. The van der Waals surface area contributed by atoms with Crippen LogP contribution in [0.15, 0.2) is 24.0 Å². The zero-order chi connectivity index (χ0) is 27.3. The first-order valence-electron chi connectivity index (χ1n) is 11.4. The van der Waals surface area contributed by atoms with Gasteiger partial charge in [0, 0.05) is 18.0 Å². The molecule has 1 aromatic carbocycles. The van der Waals surface area contributed by atoms with Crippen LogP contribution in [0.2, 0.25) is 0 Å². The molecule has 0 saturated carbocycles. The Hall–Kier alpha value is -3.16. The number of rotatable bonds is 5. The molecular formula is C24H26F3NO9. The van der Waals surface area contributed by atoms with Gasteiger partial charge in [-0.1, -0.05) is 6.07 Å². The number of aliphatic hydroxyl groups excluding tert-OH is 1. The van der Waals surface area contributed by atoms with E-state index in [1.54, 1.807) is 13.2 Å². The minimum atomic E-state index is -4.64. The lowest BCUT2D eigenvalue weighted by molar-refractivity contribution is -0.173. The van der Waals surface area contributed by atoms with E-state index in [0.717, 1.165) is 17.7 Å². The van der Waals surface area contributed by atoms with Crippen LogP contribution in [0.5, 0.6) is 11.5 Å². The molecule has 2 heterocycles. The molecule has 3 N–H and O–H groups in total. The van der Waals surface area contributed by atoms with Crippen molar-refractivity contribution in [1.82, 2.24) is 4.90 Å². The topological polar surface area (TPSA) is 143 Å². The zero-order valence-electron chi connectivity index (χ0n) is 19.9. The fourth-order valence-corrected chi connectivity index (χ4v) is 6.02. The third kappa shape index (κ3) is 4.24. The van der Waals surface area contributed by atoms with Crippen LogP contribution in [0.25, 0.3) is 0 Å². The molecule has 1 spiro atoms. The number of likely N-dealkylation sites (tertiary alicyclic amines) is 1. The molecule has 10 nitrogen and oxygen atoms in total. The number of hydrogen-bond acceptors (Lipinski definition) is 9. The van der Waals surface area contributed by atoms with Crippen molar-refractivity contribution in [1.29, 1.82) is 0 Å². The number of halogens is 3. The van der Waals surface area contributed by atoms with Gasteiger partial charge in [0.1, 0.15) is 5.76 Å². The van der Waals surface area contributed by atoms with Crippen LogP contribution in [0.3, 0.4) is 0 Å². The van der Waals surface area contributed by atoms with Crippen LogP contribution in [-0.2, 0) is 31.0 Å². The molecule has 0 unspecified atom stereocenters. The van der Waals surface area contributed by atoms with Gasteiger partial charge in [-0.3, -0.25) is 9.59 Å². The van der Waals surface area contributed by atoms with E-state index in [1.165, 1.54) is 0 Å². The average Bonchev–Trinajstić information content (AvgIpc) is 3.18. The van der Waals surface area contributed by atoms with Crippen molar-refractivity contribution in [2.75, 3.05) is 20.7 Å². The van der Waals surface area contributed by atoms with Crippen molar-refractivity contribution in [3.63, 3.8) is 0 Å². The van der Waals surface area contributed by atoms with E-state index in [9.17, 15) is 33.0 Å². The van der Waals surface area contributed by atoms with Crippen LogP contribution < -0.4 is 9.47 Å². The van der Waals surface area contributed by atoms with Gasteiger partial charge in [-0.25, -0.2) is 4.79 Å². The Kier molecular flexibility index (Phi) is 6.76. The summed E-state index contributed by atoms with van der Waals surface area (Å²) in [5.74, 6) is -1.09. The first-order valence-corrected chi connectivity index (χ1v) is 11.4. The number of nitrogens with zero attached hydrogens (tertiary/aromatic N) is 1. The van der Waals surface area contributed by atoms with Gasteiger partial charge in [0.25, 0.3) is 0 Å². The molecule has 2 aliphatic heterocycles. The molecule has 37 heavy (non-hydrogen) atoms. The summed E-state index contributed by atoms with van der Waals surface area (Å²) < 4.78 is 48.6. The summed E-state index contributed by atoms with van der Waals surface area (Å²) in [6.45, 7) is 0.728. The highest BCUT2D eigenvalue weighted by molar-refractivity contribution is 5.81. The summed E-state index contributed by atoms with van der Waals surface area (Å²) in [6, 6.07) is 3.71. The lowest BCUT2D eigenvalue weighted by Gasteiger charge is -2.61.